The minimum absolute atomic E-state index is 0.00000736. The quantitative estimate of drug-likeness (QED) is 0.465. The molecule has 13 heteroatoms. The van der Waals surface area contributed by atoms with Gasteiger partial charge in [0, 0.05) is 20.0 Å². The lowest BCUT2D eigenvalue weighted by Crippen LogP contribution is -2.32. The van der Waals surface area contributed by atoms with Gasteiger partial charge in [0.05, 0.1) is 11.9 Å². The van der Waals surface area contributed by atoms with E-state index in [9.17, 15) is 14.4 Å². The van der Waals surface area contributed by atoms with Crippen molar-refractivity contribution in [2.45, 2.75) is 53.2 Å². The van der Waals surface area contributed by atoms with Crippen LogP contribution in [0.4, 0.5) is 4.79 Å². The Bertz CT molecular complexity index is 1360. The molecular formula is C22H27N7O5S. The molecule has 0 fully saturated rings. The number of hydrogen-bond donors (Lipinski definition) is 2. The molecule has 0 saturated heterocycles. The first-order valence-electron chi connectivity index (χ1n) is 10.8. The Kier molecular flexibility index (Phi) is 7.79. The van der Waals surface area contributed by atoms with Gasteiger partial charge in [0.1, 0.15) is 11.3 Å². The molecular weight excluding hydrogens is 474 g/mol. The van der Waals surface area contributed by atoms with Gasteiger partial charge in [-0.15, -0.1) is 0 Å². The van der Waals surface area contributed by atoms with E-state index in [1.54, 1.807) is 44.4 Å². The van der Waals surface area contributed by atoms with E-state index in [1.807, 2.05) is 6.92 Å². The number of carbonyl (C=O) groups is 3. The number of nitrogens with zero attached hydrogens (tertiary/aromatic N) is 5. The van der Waals surface area contributed by atoms with Crippen LogP contribution in [0.2, 0.25) is 0 Å². The Balaban J connectivity index is 1.91. The molecule has 0 aliphatic carbocycles. The van der Waals surface area contributed by atoms with E-state index < -0.39 is 23.5 Å². The number of allylic oxidation sites excluding steroid dienone is 1. The van der Waals surface area contributed by atoms with Crippen molar-refractivity contribution in [2.24, 2.45) is 10.7 Å². The van der Waals surface area contributed by atoms with Crippen LogP contribution in [-0.2, 0) is 17.7 Å². The summed E-state index contributed by atoms with van der Waals surface area (Å²) in [4.78, 5) is 53.8. The number of oxazole rings is 1. The van der Waals surface area contributed by atoms with E-state index in [4.69, 9.17) is 14.9 Å². The van der Waals surface area contributed by atoms with Crippen LogP contribution in [0.5, 0.6) is 0 Å². The number of hydrogen-bond acceptors (Lipinski definition) is 9. The highest BCUT2D eigenvalue weighted by atomic mass is 32.1. The number of ether oxygens (including phenoxy) is 1. The number of nitrogens with one attached hydrogen (secondary N) is 1. The van der Waals surface area contributed by atoms with Gasteiger partial charge in [-0.1, -0.05) is 30.4 Å². The molecule has 0 bridgehead atoms. The molecule has 0 saturated carbocycles. The predicted octanol–water partition coefficient (Wildman–Crippen LogP) is 2.27. The second-order valence-corrected chi connectivity index (χ2v) is 9.33. The fourth-order valence-corrected chi connectivity index (χ4v) is 3.92. The van der Waals surface area contributed by atoms with Crippen molar-refractivity contribution < 1.29 is 23.5 Å². The van der Waals surface area contributed by atoms with Crippen molar-refractivity contribution in [3.05, 3.63) is 46.2 Å². The maximum Gasteiger partial charge on any atom is 0.407 e. The van der Waals surface area contributed by atoms with Crippen LogP contribution >= 0.6 is 11.3 Å². The van der Waals surface area contributed by atoms with Crippen molar-refractivity contribution >= 4 is 39.7 Å². The van der Waals surface area contributed by atoms with Gasteiger partial charge in [0.25, 0.3) is 5.91 Å². The molecule has 3 rings (SSSR count). The predicted molar refractivity (Wildman–Crippen MR) is 128 cm³/mol. The smallest absolute Gasteiger partial charge is 0.407 e. The third-order valence-electron chi connectivity index (χ3n) is 4.40. The van der Waals surface area contributed by atoms with Gasteiger partial charge in [-0.2, -0.15) is 4.99 Å². The highest BCUT2D eigenvalue weighted by Crippen LogP contribution is 2.15. The van der Waals surface area contributed by atoms with E-state index >= 15 is 0 Å². The molecule has 0 atom stereocenters. The lowest BCUT2D eigenvalue weighted by molar-refractivity contribution is 0.0533. The summed E-state index contributed by atoms with van der Waals surface area (Å²) >= 11 is 1.08. The van der Waals surface area contributed by atoms with E-state index in [-0.39, 0.29) is 24.5 Å². The van der Waals surface area contributed by atoms with Crippen molar-refractivity contribution in [2.75, 3.05) is 6.54 Å². The van der Waals surface area contributed by atoms with Crippen LogP contribution in [0.15, 0.2) is 27.8 Å². The van der Waals surface area contributed by atoms with Crippen molar-refractivity contribution in [3.63, 3.8) is 0 Å². The molecule has 3 amide bonds. The largest absolute Gasteiger partial charge is 0.444 e. The first-order chi connectivity index (χ1) is 16.5. The second kappa shape index (κ2) is 10.6. The summed E-state index contributed by atoms with van der Waals surface area (Å²) in [7, 11) is 0. The van der Waals surface area contributed by atoms with Crippen LogP contribution in [0.3, 0.4) is 0 Å². The molecule has 0 unspecified atom stereocenters. The molecule has 3 aromatic heterocycles. The highest BCUT2D eigenvalue weighted by molar-refractivity contribution is 7.15. The summed E-state index contributed by atoms with van der Waals surface area (Å²) < 4.78 is 12.3. The minimum Gasteiger partial charge on any atom is -0.444 e. The minimum atomic E-state index is -0.716. The van der Waals surface area contributed by atoms with Crippen molar-refractivity contribution in [1.29, 1.82) is 0 Å². The Morgan fingerprint density at radius 1 is 1.29 bits per heavy atom. The normalized spacial score (nSPS) is 12.4. The summed E-state index contributed by atoms with van der Waals surface area (Å²) in [5, 5.41) is 2.63. The van der Waals surface area contributed by atoms with Crippen LogP contribution in [0.25, 0.3) is 10.5 Å². The lowest BCUT2D eigenvalue weighted by atomic mass is 10.2. The first kappa shape index (κ1) is 25.7. The molecule has 0 spiro atoms. The zero-order valence-electron chi connectivity index (χ0n) is 20.1. The number of aryl methyl sites for hydroxylation is 2. The van der Waals surface area contributed by atoms with Gasteiger partial charge < -0.3 is 20.2 Å². The van der Waals surface area contributed by atoms with E-state index in [2.05, 4.69) is 25.3 Å². The van der Waals surface area contributed by atoms with E-state index in [0.717, 1.165) is 11.3 Å². The van der Waals surface area contributed by atoms with Gasteiger partial charge in [-0.25, -0.2) is 19.7 Å². The first-order valence-corrected chi connectivity index (χ1v) is 11.6. The zero-order valence-corrected chi connectivity index (χ0v) is 20.9. The van der Waals surface area contributed by atoms with E-state index in [0.29, 0.717) is 33.3 Å². The Labute approximate surface area is 204 Å². The lowest BCUT2D eigenvalue weighted by Gasteiger charge is -2.19. The van der Waals surface area contributed by atoms with Crippen LogP contribution in [0, 0.1) is 6.92 Å². The van der Waals surface area contributed by atoms with Crippen molar-refractivity contribution in [3.8, 4) is 0 Å². The number of aromatic nitrogens is 4. The number of primary amides is 1. The average molecular weight is 502 g/mol. The molecule has 3 N–H and O–H groups in total. The maximum atomic E-state index is 12.9. The molecule has 0 aliphatic heterocycles. The van der Waals surface area contributed by atoms with Crippen LogP contribution < -0.4 is 15.9 Å². The molecule has 12 nitrogen and oxygen atoms in total. The summed E-state index contributed by atoms with van der Waals surface area (Å²) in [6.07, 6.45) is 4.75. The number of carbonyl (C=O) groups excluding carboxylic acids is 3. The number of amides is 3. The maximum absolute atomic E-state index is 12.9. The van der Waals surface area contributed by atoms with Gasteiger partial charge in [-0.05, 0) is 27.2 Å². The summed E-state index contributed by atoms with van der Waals surface area (Å²) in [5.41, 5.74) is 5.66. The van der Waals surface area contributed by atoms with Crippen molar-refractivity contribution in [1.82, 2.24) is 24.8 Å². The Morgan fingerprint density at radius 2 is 2.03 bits per heavy atom. The second-order valence-electron chi connectivity index (χ2n) is 8.38. The molecule has 3 aromatic rings. The number of alkyl carbamates (subject to hydrolysis) is 1. The Hall–Kier alpha value is -3.87. The number of nitrogens with two attached hydrogens (primary N) is 1. The molecule has 3 heterocycles. The third-order valence-corrected chi connectivity index (χ3v) is 5.36. The van der Waals surface area contributed by atoms with E-state index in [1.165, 1.54) is 6.20 Å². The SMILES string of the molecule is CCc1nc(C)oc1C(=O)/N=c1\sc2nc(C(N)=O)cnc2n1C/C=C/CNC(=O)OC(C)(C)C. The fourth-order valence-electron chi connectivity index (χ4n) is 2.95. The van der Waals surface area contributed by atoms with Gasteiger partial charge in [-0.3, -0.25) is 14.2 Å². The number of fused-ring (bicyclic) bond motifs is 1. The topological polar surface area (TPSA) is 168 Å². The third kappa shape index (κ3) is 6.59. The molecule has 0 radical (unpaired) electrons. The van der Waals surface area contributed by atoms with Gasteiger partial charge >= 0.3 is 12.0 Å². The monoisotopic (exact) mass is 501 g/mol. The molecule has 0 aromatic carbocycles. The van der Waals surface area contributed by atoms with Crippen LogP contribution in [0.1, 0.15) is 60.3 Å². The van der Waals surface area contributed by atoms with Gasteiger partial charge in [0.15, 0.2) is 21.2 Å². The highest BCUT2D eigenvalue weighted by Gasteiger charge is 2.19. The van der Waals surface area contributed by atoms with Gasteiger partial charge in [0.2, 0.25) is 5.76 Å². The fraction of sp³-hybridized carbons (Fsp3) is 0.409. The van der Waals surface area contributed by atoms with Crippen LogP contribution in [-0.4, -0.2) is 49.6 Å². The number of thiazole rings is 1. The Morgan fingerprint density at radius 3 is 2.69 bits per heavy atom. The number of rotatable bonds is 7. The average Bonchev–Trinajstić information content (AvgIpc) is 3.31. The summed E-state index contributed by atoms with van der Waals surface area (Å²) in [6, 6.07) is 0. The standard InChI is InChI=1S/C22H27N7O5S/c1-6-13-15(33-12(2)26-13)18(31)28-20-29(10-8-7-9-24-21(32)34-22(3,4)5)17-19(35-20)27-14(11-25-17)16(23)30/h7-8,11H,6,9-10H2,1-5H3,(H2,23,30)(H,24,32)/b8-7+,28-20-. The molecule has 0 aliphatic rings. The zero-order chi connectivity index (χ0) is 25.8. The summed E-state index contributed by atoms with van der Waals surface area (Å²) in [5.74, 6) is -0.857. The summed E-state index contributed by atoms with van der Waals surface area (Å²) in [6.45, 7) is 9.36. The molecule has 35 heavy (non-hydrogen) atoms. The molecule has 186 valence electrons.